The Morgan fingerprint density at radius 1 is 1.48 bits per heavy atom. The van der Waals surface area contributed by atoms with E-state index < -0.39 is 6.10 Å². The fraction of sp³-hybridized carbons (Fsp3) is 0.500. The zero-order valence-corrected chi connectivity index (χ0v) is 14.3. The Morgan fingerprint density at radius 2 is 2.30 bits per heavy atom. The summed E-state index contributed by atoms with van der Waals surface area (Å²) in [5.74, 6) is 1.35. The predicted molar refractivity (Wildman–Crippen MR) is 86.2 cm³/mol. The van der Waals surface area contributed by atoms with Crippen molar-refractivity contribution in [3.63, 3.8) is 0 Å². The minimum absolute atomic E-state index is 0.00651. The number of furan rings is 1. The molecule has 1 saturated heterocycles. The first-order valence-corrected chi connectivity index (χ1v) is 8.34. The van der Waals surface area contributed by atoms with E-state index in [1.807, 2.05) is 32.2 Å². The number of ether oxygens (including phenoxy) is 2. The molecule has 0 aromatic carbocycles. The number of carbonyl (C=O) groups excluding carboxylic acids is 1. The second-order valence-electron chi connectivity index (χ2n) is 5.69. The van der Waals surface area contributed by atoms with Gasteiger partial charge in [0.2, 0.25) is 0 Å². The van der Waals surface area contributed by atoms with E-state index in [-0.39, 0.29) is 12.1 Å². The number of morpholine rings is 1. The van der Waals surface area contributed by atoms with Crippen LogP contribution in [-0.4, -0.2) is 48.3 Å². The monoisotopic (exact) mass is 336 g/mol. The minimum Gasteiger partial charge on any atom is -0.467 e. The van der Waals surface area contributed by atoms with E-state index in [2.05, 4.69) is 9.88 Å². The lowest BCUT2D eigenvalue weighted by molar-refractivity contribution is -0.166. The summed E-state index contributed by atoms with van der Waals surface area (Å²) in [4.78, 5) is 19.5. The normalized spacial score (nSPS) is 22.2. The molecular formula is C16H20N2O4S. The van der Waals surface area contributed by atoms with Crippen LogP contribution in [0.25, 0.3) is 10.8 Å². The first-order chi connectivity index (χ1) is 11.0. The molecule has 3 heterocycles. The lowest BCUT2D eigenvalue weighted by atomic mass is 10.2. The van der Waals surface area contributed by atoms with Crippen LogP contribution in [0.15, 0.2) is 22.7 Å². The SMILES string of the molecule is COC(=O)[C@@H]1CN(Cc2cnc(-c3ccc(C)o3)s2)C[C@@H](C)O1. The molecule has 23 heavy (non-hydrogen) atoms. The summed E-state index contributed by atoms with van der Waals surface area (Å²) >= 11 is 1.61. The molecule has 0 radical (unpaired) electrons. The molecule has 0 spiro atoms. The lowest BCUT2D eigenvalue weighted by Gasteiger charge is -2.35. The summed E-state index contributed by atoms with van der Waals surface area (Å²) in [6.07, 6.45) is 1.34. The van der Waals surface area contributed by atoms with Crippen LogP contribution in [0.3, 0.4) is 0 Å². The lowest BCUT2D eigenvalue weighted by Crippen LogP contribution is -2.49. The van der Waals surface area contributed by atoms with Crippen molar-refractivity contribution in [3.05, 3.63) is 29.0 Å². The van der Waals surface area contributed by atoms with Gasteiger partial charge in [0.1, 0.15) is 5.76 Å². The predicted octanol–water partition coefficient (Wildman–Crippen LogP) is 2.47. The third-order valence-electron chi connectivity index (χ3n) is 3.68. The standard InChI is InChI=1S/C16H20N2O4S/c1-10-4-5-13(21-10)15-17-6-12(23-15)8-18-7-11(2)22-14(9-18)16(19)20-3/h4-6,11,14H,7-9H2,1-3H3/t11-,14+/m1/s1. The molecule has 2 aromatic rings. The number of thiazole rings is 1. The van der Waals surface area contributed by atoms with Crippen molar-refractivity contribution in [1.82, 2.24) is 9.88 Å². The van der Waals surface area contributed by atoms with E-state index in [0.29, 0.717) is 6.54 Å². The molecule has 0 unspecified atom stereocenters. The summed E-state index contributed by atoms with van der Waals surface area (Å²) < 4.78 is 16.0. The number of esters is 1. The average Bonchev–Trinajstić information content (AvgIpc) is 3.14. The van der Waals surface area contributed by atoms with Gasteiger partial charge in [-0.15, -0.1) is 11.3 Å². The van der Waals surface area contributed by atoms with E-state index >= 15 is 0 Å². The van der Waals surface area contributed by atoms with E-state index in [4.69, 9.17) is 13.9 Å². The third-order valence-corrected chi connectivity index (χ3v) is 4.68. The third kappa shape index (κ3) is 3.80. The Bertz CT molecular complexity index is 681. The maximum absolute atomic E-state index is 11.7. The van der Waals surface area contributed by atoms with Crippen LogP contribution in [0, 0.1) is 6.92 Å². The number of rotatable bonds is 4. The first-order valence-electron chi connectivity index (χ1n) is 7.52. The number of hydrogen-bond donors (Lipinski definition) is 0. The van der Waals surface area contributed by atoms with E-state index in [0.717, 1.165) is 34.5 Å². The van der Waals surface area contributed by atoms with Crippen LogP contribution >= 0.6 is 11.3 Å². The second kappa shape index (κ2) is 6.82. The molecule has 2 atom stereocenters. The van der Waals surface area contributed by atoms with Gasteiger partial charge in [-0.2, -0.15) is 0 Å². The summed E-state index contributed by atoms with van der Waals surface area (Å²) in [6, 6.07) is 3.86. The van der Waals surface area contributed by atoms with Crippen LogP contribution in [0.2, 0.25) is 0 Å². The largest absolute Gasteiger partial charge is 0.467 e. The van der Waals surface area contributed by atoms with Gasteiger partial charge in [0.25, 0.3) is 0 Å². The molecule has 2 aromatic heterocycles. The Labute approximate surface area is 139 Å². The van der Waals surface area contributed by atoms with Gasteiger partial charge in [-0.1, -0.05) is 0 Å². The molecule has 7 heteroatoms. The summed E-state index contributed by atoms with van der Waals surface area (Å²) in [6.45, 7) is 5.93. The highest BCUT2D eigenvalue weighted by atomic mass is 32.1. The summed E-state index contributed by atoms with van der Waals surface area (Å²) in [5, 5.41) is 0.874. The number of carbonyl (C=O) groups is 1. The van der Waals surface area contributed by atoms with Gasteiger partial charge in [0.05, 0.1) is 13.2 Å². The Hall–Kier alpha value is -1.70. The van der Waals surface area contributed by atoms with Crippen molar-refractivity contribution in [2.24, 2.45) is 0 Å². The Morgan fingerprint density at radius 3 is 3.00 bits per heavy atom. The molecule has 0 amide bonds. The number of hydrogen-bond acceptors (Lipinski definition) is 7. The maximum Gasteiger partial charge on any atom is 0.336 e. The molecule has 0 saturated carbocycles. The van der Waals surface area contributed by atoms with Crippen LogP contribution in [0.1, 0.15) is 17.6 Å². The van der Waals surface area contributed by atoms with Crippen molar-refractivity contribution in [1.29, 1.82) is 0 Å². The molecule has 1 fully saturated rings. The quantitative estimate of drug-likeness (QED) is 0.799. The van der Waals surface area contributed by atoms with E-state index in [9.17, 15) is 4.79 Å². The minimum atomic E-state index is -0.524. The fourth-order valence-electron chi connectivity index (χ4n) is 2.69. The molecule has 3 rings (SSSR count). The van der Waals surface area contributed by atoms with Gasteiger partial charge in [-0.3, -0.25) is 4.90 Å². The zero-order valence-electron chi connectivity index (χ0n) is 13.4. The fourth-order valence-corrected chi connectivity index (χ4v) is 3.61. The van der Waals surface area contributed by atoms with E-state index in [1.165, 1.54) is 7.11 Å². The van der Waals surface area contributed by atoms with Crippen LogP contribution in [-0.2, 0) is 20.8 Å². The molecular weight excluding hydrogens is 316 g/mol. The first kappa shape index (κ1) is 16.2. The zero-order chi connectivity index (χ0) is 16.4. The molecule has 0 N–H and O–H groups in total. The van der Waals surface area contributed by atoms with Crippen LogP contribution in [0.4, 0.5) is 0 Å². The van der Waals surface area contributed by atoms with Gasteiger partial charge < -0.3 is 13.9 Å². The average molecular weight is 336 g/mol. The second-order valence-corrected chi connectivity index (χ2v) is 6.81. The Kier molecular flexibility index (Phi) is 4.79. The number of methoxy groups -OCH3 is 1. The van der Waals surface area contributed by atoms with Gasteiger partial charge in [-0.05, 0) is 26.0 Å². The maximum atomic E-state index is 11.7. The Balaban J connectivity index is 1.67. The van der Waals surface area contributed by atoms with Gasteiger partial charge in [-0.25, -0.2) is 9.78 Å². The van der Waals surface area contributed by atoms with Crippen molar-refractivity contribution in [2.45, 2.75) is 32.6 Å². The van der Waals surface area contributed by atoms with E-state index in [1.54, 1.807) is 11.3 Å². The molecule has 0 aliphatic carbocycles. The van der Waals surface area contributed by atoms with Crippen molar-refractivity contribution >= 4 is 17.3 Å². The van der Waals surface area contributed by atoms with Crippen molar-refractivity contribution in [2.75, 3.05) is 20.2 Å². The topological polar surface area (TPSA) is 64.8 Å². The van der Waals surface area contributed by atoms with Gasteiger partial charge in [0, 0.05) is 30.7 Å². The molecule has 1 aliphatic heterocycles. The van der Waals surface area contributed by atoms with Crippen molar-refractivity contribution < 1.29 is 18.7 Å². The summed E-state index contributed by atoms with van der Waals surface area (Å²) in [5.41, 5.74) is 0. The molecule has 6 nitrogen and oxygen atoms in total. The summed E-state index contributed by atoms with van der Waals surface area (Å²) in [7, 11) is 1.39. The number of aryl methyl sites for hydroxylation is 1. The van der Waals surface area contributed by atoms with Gasteiger partial charge in [0.15, 0.2) is 16.9 Å². The van der Waals surface area contributed by atoms with Crippen molar-refractivity contribution in [3.8, 4) is 10.8 Å². The van der Waals surface area contributed by atoms with Gasteiger partial charge >= 0.3 is 5.97 Å². The number of nitrogens with zero attached hydrogens (tertiary/aromatic N) is 2. The smallest absolute Gasteiger partial charge is 0.336 e. The van der Waals surface area contributed by atoms with Crippen LogP contribution < -0.4 is 0 Å². The molecule has 124 valence electrons. The molecule has 1 aliphatic rings. The number of aromatic nitrogens is 1. The highest BCUT2D eigenvalue weighted by Crippen LogP contribution is 2.28. The van der Waals surface area contributed by atoms with Crippen LogP contribution in [0.5, 0.6) is 0 Å². The molecule has 0 bridgehead atoms. The highest BCUT2D eigenvalue weighted by Gasteiger charge is 2.31. The highest BCUT2D eigenvalue weighted by molar-refractivity contribution is 7.14.